The number of carbonyl (C=O) groups is 5. The molecule has 2 rings (SSSR count). The number of nitrogens with zero attached hydrogens (tertiary/aromatic N) is 1. The van der Waals surface area contributed by atoms with Gasteiger partial charge in [0.15, 0.2) is 6.61 Å². The van der Waals surface area contributed by atoms with Gasteiger partial charge >= 0.3 is 5.97 Å². The summed E-state index contributed by atoms with van der Waals surface area (Å²) in [6, 6.07) is -1.11. The molecule has 9 nitrogen and oxygen atoms in total. The SMILES string of the molecule is CC(=O)NNC(=O)COC(=O)[C@H](C)N1C(=O)[C@@H]2CC=CC[C@H]2C1=O. The highest BCUT2D eigenvalue weighted by atomic mass is 16.5. The van der Waals surface area contributed by atoms with E-state index in [1.165, 1.54) is 13.8 Å². The maximum Gasteiger partial charge on any atom is 0.329 e. The van der Waals surface area contributed by atoms with Crippen LogP contribution in [0.2, 0.25) is 0 Å². The molecule has 0 aromatic heterocycles. The second-order valence-electron chi connectivity index (χ2n) is 5.72. The number of hydrogen-bond donors (Lipinski definition) is 2. The first-order valence-corrected chi connectivity index (χ1v) is 7.57. The highest BCUT2D eigenvalue weighted by Gasteiger charge is 2.50. The normalized spacial score (nSPS) is 23.5. The Kier molecular flexibility index (Phi) is 5.32. The number of hydrogen-bond acceptors (Lipinski definition) is 6. The average Bonchev–Trinajstić information content (AvgIpc) is 2.81. The lowest BCUT2D eigenvalue weighted by Crippen LogP contribution is -2.46. The van der Waals surface area contributed by atoms with Gasteiger partial charge in [-0.3, -0.25) is 34.9 Å². The van der Waals surface area contributed by atoms with E-state index in [1.54, 1.807) is 0 Å². The molecule has 4 amide bonds. The fourth-order valence-electron chi connectivity index (χ4n) is 2.76. The molecule has 0 aromatic rings. The average molecular weight is 337 g/mol. The minimum absolute atomic E-state index is 0.388. The Hall–Kier alpha value is -2.71. The van der Waals surface area contributed by atoms with Crippen molar-refractivity contribution in [2.24, 2.45) is 11.8 Å². The Labute approximate surface area is 138 Å². The highest BCUT2D eigenvalue weighted by Crippen LogP contribution is 2.36. The van der Waals surface area contributed by atoms with Gasteiger partial charge in [-0.15, -0.1) is 0 Å². The zero-order valence-electron chi connectivity index (χ0n) is 13.4. The number of imide groups is 1. The number of likely N-dealkylation sites (tertiary alicyclic amines) is 1. The molecule has 1 saturated heterocycles. The second kappa shape index (κ2) is 7.24. The van der Waals surface area contributed by atoms with E-state index in [9.17, 15) is 24.0 Å². The van der Waals surface area contributed by atoms with E-state index in [-0.39, 0.29) is 11.8 Å². The Morgan fingerprint density at radius 1 is 1.17 bits per heavy atom. The molecule has 1 aliphatic heterocycles. The molecule has 0 saturated carbocycles. The Balaban J connectivity index is 1.91. The summed E-state index contributed by atoms with van der Waals surface area (Å²) in [4.78, 5) is 59.7. The fraction of sp³-hybridized carbons (Fsp3) is 0.533. The summed E-state index contributed by atoms with van der Waals surface area (Å²) in [5.74, 6) is -3.71. The Bertz CT molecular complexity index is 588. The lowest BCUT2D eigenvalue weighted by molar-refractivity contribution is -0.159. The minimum atomic E-state index is -1.11. The summed E-state index contributed by atoms with van der Waals surface area (Å²) in [7, 11) is 0. The third-order valence-corrected chi connectivity index (χ3v) is 3.99. The standard InChI is InChI=1S/C15H19N3O6/c1-8(15(23)24-7-12(20)17-16-9(2)19)18-13(21)10-5-3-4-6-11(10)14(18)22/h3-4,8,10-11H,5-7H2,1-2H3,(H,16,19)(H,17,20)/t8-,10+,11+/m0/s1. The molecular formula is C15H19N3O6. The van der Waals surface area contributed by atoms with Crippen LogP contribution in [0.15, 0.2) is 12.2 Å². The Morgan fingerprint density at radius 2 is 1.71 bits per heavy atom. The molecule has 0 bridgehead atoms. The summed E-state index contributed by atoms with van der Waals surface area (Å²) < 4.78 is 4.80. The summed E-state index contributed by atoms with van der Waals surface area (Å²) in [5.41, 5.74) is 4.08. The van der Waals surface area contributed by atoms with E-state index in [1.807, 2.05) is 23.0 Å². The van der Waals surface area contributed by atoms with E-state index in [2.05, 4.69) is 0 Å². The monoisotopic (exact) mass is 337 g/mol. The number of rotatable bonds is 4. The number of ether oxygens (including phenoxy) is 1. The van der Waals surface area contributed by atoms with Gasteiger partial charge in [0, 0.05) is 6.92 Å². The molecule has 3 atom stereocenters. The van der Waals surface area contributed by atoms with Crippen molar-refractivity contribution in [2.75, 3.05) is 6.61 Å². The van der Waals surface area contributed by atoms with E-state index < -0.39 is 42.3 Å². The van der Waals surface area contributed by atoms with Crippen molar-refractivity contribution < 1.29 is 28.7 Å². The molecule has 24 heavy (non-hydrogen) atoms. The number of amides is 4. The van der Waals surface area contributed by atoms with Gasteiger partial charge in [-0.2, -0.15) is 0 Å². The van der Waals surface area contributed by atoms with E-state index >= 15 is 0 Å². The van der Waals surface area contributed by atoms with Crippen molar-refractivity contribution in [2.45, 2.75) is 32.7 Å². The van der Waals surface area contributed by atoms with Crippen molar-refractivity contribution in [1.29, 1.82) is 0 Å². The van der Waals surface area contributed by atoms with Crippen molar-refractivity contribution in [3.63, 3.8) is 0 Å². The zero-order chi connectivity index (χ0) is 17.9. The van der Waals surface area contributed by atoms with Crippen LogP contribution in [0.25, 0.3) is 0 Å². The van der Waals surface area contributed by atoms with Crippen LogP contribution >= 0.6 is 0 Å². The zero-order valence-corrected chi connectivity index (χ0v) is 13.4. The third kappa shape index (κ3) is 3.61. The van der Waals surface area contributed by atoms with Crippen LogP contribution in [-0.4, -0.2) is 47.1 Å². The summed E-state index contributed by atoms with van der Waals surface area (Å²) in [6.07, 6.45) is 4.66. The summed E-state index contributed by atoms with van der Waals surface area (Å²) in [6.45, 7) is 1.95. The maximum atomic E-state index is 12.3. The molecule has 1 fully saturated rings. The van der Waals surface area contributed by atoms with Gasteiger partial charge in [0.05, 0.1) is 11.8 Å². The first kappa shape index (κ1) is 17.6. The van der Waals surface area contributed by atoms with E-state index in [0.717, 1.165) is 4.90 Å². The Morgan fingerprint density at radius 3 is 2.21 bits per heavy atom. The predicted octanol–water partition coefficient (Wildman–Crippen LogP) is -0.963. The van der Waals surface area contributed by atoms with Crippen LogP contribution in [0.4, 0.5) is 0 Å². The molecular weight excluding hydrogens is 318 g/mol. The lowest BCUT2D eigenvalue weighted by Gasteiger charge is -2.21. The third-order valence-electron chi connectivity index (χ3n) is 3.99. The molecule has 0 unspecified atom stereocenters. The van der Waals surface area contributed by atoms with Crippen molar-refractivity contribution in [3.05, 3.63) is 12.2 Å². The molecule has 9 heteroatoms. The van der Waals surface area contributed by atoms with Crippen LogP contribution in [0.1, 0.15) is 26.7 Å². The van der Waals surface area contributed by atoms with Gasteiger partial charge in [-0.1, -0.05) is 12.2 Å². The molecule has 2 aliphatic rings. The van der Waals surface area contributed by atoms with E-state index in [0.29, 0.717) is 12.8 Å². The van der Waals surface area contributed by atoms with Crippen LogP contribution in [0, 0.1) is 11.8 Å². The fourth-order valence-corrected chi connectivity index (χ4v) is 2.76. The first-order valence-electron chi connectivity index (χ1n) is 7.57. The van der Waals surface area contributed by atoms with Crippen LogP contribution < -0.4 is 10.9 Å². The molecule has 1 aliphatic carbocycles. The molecule has 0 spiro atoms. The van der Waals surface area contributed by atoms with Crippen LogP contribution in [0.3, 0.4) is 0 Å². The van der Waals surface area contributed by atoms with Gasteiger partial charge in [0.2, 0.25) is 17.7 Å². The molecule has 130 valence electrons. The first-order chi connectivity index (χ1) is 11.3. The lowest BCUT2D eigenvalue weighted by atomic mass is 9.85. The maximum absolute atomic E-state index is 12.3. The van der Waals surface area contributed by atoms with E-state index in [4.69, 9.17) is 4.74 Å². The predicted molar refractivity (Wildman–Crippen MR) is 79.6 cm³/mol. The van der Waals surface area contributed by atoms with Crippen molar-refractivity contribution >= 4 is 29.6 Å². The van der Waals surface area contributed by atoms with Crippen molar-refractivity contribution in [3.8, 4) is 0 Å². The van der Waals surface area contributed by atoms with Gasteiger partial charge < -0.3 is 4.74 Å². The molecule has 0 aromatic carbocycles. The van der Waals surface area contributed by atoms with Gasteiger partial charge in [0.25, 0.3) is 5.91 Å². The summed E-state index contributed by atoms with van der Waals surface area (Å²) >= 11 is 0. The molecule has 0 radical (unpaired) electrons. The topological polar surface area (TPSA) is 122 Å². The molecule has 1 heterocycles. The number of fused-ring (bicyclic) bond motifs is 1. The number of carbonyl (C=O) groups excluding carboxylic acids is 5. The van der Waals surface area contributed by atoms with Crippen molar-refractivity contribution in [1.82, 2.24) is 15.8 Å². The summed E-state index contributed by atoms with van der Waals surface area (Å²) in [5, 5.41) is 0. The number of esters is 1. The van der Waals surface area contributed by atoms with Gasteiger partial charge in [0.1, 0.15) is 6.04 Å². The number of nitrogens with one attached hydrogen (secondary N) is 2. The number of hydrazine groups is 1. The van der Waals surface area contributed by atoms with Crippen LogP contribution in [0.5, 0.6) is 0 Å². The quantitative estimate of drug-likeness (QED) is 0.295. The highest BCUT2D eigenvalue weighted by molar-refractivity contribution is 6.08. The van der Waals surface area contributed by atoms with Gasteiger partial charge in [-0.25, -0.2) is 4.79 Å². The number of allylic oxidation sites excluding steroid dienone is 2. The minimum Gasteiger partial charge on any atom is -0.454 e. The molecule has 2 N–H and O–H groups in total. The van der Waals surface area contributed by atoms with Crippen LogP contribution in [-0.2, 0) is 28.7 Å². The largest absolute Gasteiger partial charge is 0.454 e. The smallest absolute Gasteiger partial charge is 0.329 e. The van der Waals surface area contributed by atoms with Gasteiger partial charge in [-0.05, 0) is 19.8 Å². The second-order valence-corrected chi connectivity index (χ2v) is 5.72.